The maximum atomic E-state index is 13.8. The highest BCUT2D eigenvalue weighted by molar-refractivity contribution is 7.90. The van der Waals surface area contributed by atoms with E-state index in [1.165, 1.54) is 16.3 Å². The Morgan fingerprint density at radius 2 is 1.57 bits per heavy atom. The molecule has 0 bridgehead atoms. The van der Waals surface area contributed by atoms with E-state index in [-0.39, 0.29) is 22.4 Å². The van der Waals surface area contributed by atoms with Gasteiger partial charge < -0.3 is 10.2 Å². The Bertz CT molecular complexity index is 1640. The van der Waals surface area contributed by atoms with Crippen molar-refractivity contribution in [1.82, 2.24) is 24.2 Å². The van der Waals surface area contributed by atoms with Gasteiger partial charge in [-0.15, -0.1) is 0 Å². The first-order chi connectivity index (χ1) is 19.4. The number of hydrogen-bond donors (Lipinski definition) is 2. The second kappa shape index (κ2) is 10.7. The number of piperidine rings is 1. The van der Waals surface area contributed by atoms with Crippen molar-refractivity contribution in [1.29, 1.82) is 0 Å². The summed E-state index contributed by atoms with van der Waals surface area (Å²) < 4.78 is 29.5. The normalized spacial score (nSPS) is 16.1. The van der Waals surface area contributed by atoms with Gasteiger partial charge in [-0.3, -0.25) is 9.59 Å². The van der Waals surface area contributed by atoms with Crippen molar-refractivity contribution in [2.75, 3.05) is 18.4 Å². The number of nitrogens with zero attached hydrogens (tertiary/aromatic N) is 4. The van der Waals surface area contributed by atoms with Crippen LogP contribution in [0.5, 0.6) is 0 Å². The lowest BCUT2D eigenvalue weighted by atomic mass is 9.89. The molecule has 10 nitrogen and oxygen atoms in total. The summed E-state index contributed by atoms with van der Waals surface area (Å²) in [4.78, 5) is 31.9. The number of nitrogens with one attached hydrogen (secondary N) is 2. The first-order valence-electron chi connectivity index (χ1n) is 13.5. The minimum atomic E-state index is -4.19. The van der Waals surface area contributed by atoms with Crippen molar-refractivity contribution in [2.45, 2.75) is 43.0 Å². The first-order valence-corrected chi connectivity index (χ1v) is 14.9. The van der Waals surface area contributed by atoms with Crippen LogP contribution in [-0.2, 0) is 21.4 Å². The highest BCUT2D eigenvalue weighted by Crippen LogP contribution is 2.31. The van der Waals surface area contributed by atoms with Gasteiger partial charge in [0.1, 0.15) is 11.4 Å². The molecule has 3 heterocycles. The van der Waals surface area contributed by atoms with Crippen molar-refractivity contribution in [3.8, 4) is 0 Å². The fourth-order valence-corrected chi connectivity index (χ4v) is 6.24. The van der Waals surface area contributed by atoms with Gasteiger partial charge in [0.05, 0.1) is 6.20 Å². The Morgan fingerprint density at radius 3 is 2.25 bits per heavy atom. The topological polar surface area (TPSA) is 126 Å². The number of carbonyl (C=O) groups is 2. The lowest BCUT2D eigenvalue weighted by molar-refractivity contribution is -0.120. The maximum absolute atomic E-state index is 13.8. The molecule has 40 heavy (non-hydrogen) atoms. The van der Waals surface area contributed by atoms with Crippen LogP contribution in [0, 0.1) is 5.92 Å². The SMILES string of the molecule is O=C(NS(=O)(=O)c1cnn2c(NCc3ccccc3)c(C(=O)N3CCC(c4ccccc4)CC3)cnc12)C1CC1. The molecule has 6 rings (SSSR count). The molecule has 1 aliphatic heterocycles. The average Bonchev–Trinajstić information content (AvgIpc) is 3.75. The third-order valence-electron chi connectivity index (χ3n) is 7.55. The molecule has 2 amide bonds. The van der Waals surface area contributed by atoms with Gasteiger partial charge in [0.15, 0.2) is 10.5 Å². The lowest BCUT2D eigenvalue weighted by Gasteiger charge is -2.32. The zero-order valence-electron chi connectivity index (χ0n) is 21.9. The summed E-state index contributed by atoms with van der Waals surface area (Å²) >= 11 is 0. The van der Waals surface area contributed by atoms with E-state index in [2.05, 4.69) is 32.3 Å². The molecule has 1 aliphatic carbocycles. The minimum Gasteiger partial charge on any atom is -0.365 e. The molecule has 206 valence electrons. The number of rotatable bonds is 8. The summed E-state index contributed by atoms with van der Waals surface area (Å²) in [7, 11) is -4.19. The largest absolute Gasteiger partial charge is 0.365 e. The monoisotopic (exact) mass is 558 g/mol. The number of aromatic nitrogens is 3. The highest BCUT2D eigenvalue weighted by Gasteiger charge is 2.34. The number of sulfonamides is 1. The minimum absolute atomic E-state index is 0.0333. The Balaban J connectivity index is 1.30. The van der Waals surface area contributed by atoms with Gasteiger partial charge in [-0.25, -0.2) is 18.1 Å². The number of benzene rings is 2. The number of hydrogen-bond acceptors (Lipinski definition) is 7. The zero-order valence-corrected chi connectivity index (χ0v) is 22.7. The molecule has 2 fully saturated rings. The van der Waals surface area contributed by atoms with Gasteiger partial charge in [-0.1, -0.05) is 60.7 Å². The molecule has 1 saturated carbocycles. The zero-order chi connectivity index (χ0) is 27.7. The van der Waals surface area contributed by atoms with Crippen LogP contribution >= 0.6 is 0 Å². The standard InChI is InChI=1S/C29H30N6O4S/c36-28(23-11-12-23)33-40(38,39)25-19-32-35-26(30-17-20-7-3-1-4-8-20)24(18-31-27(25)35)29(37)34-15-13-22(14-16-34)21-9-5-2-6-10-21/h1-10,18-19,22-23,30H,11-17H2,(H,33,36). The van der Waals surface area contributed by atoms with Crippen molar-refractivity contribution in [3.05, 3.63) is 89.7 Å². The predicted octanol–water partition coefficient (Wildman–Crippen LogP) is 3.58. The van der Waals surface area contributed by atoms with Crippen LogP contribution in [0.1, 0.15) is 53.1 Å². The second-order valence-corrected chi connectivity index (χ2v) is 12.0. The van der Waals surface area contributed by atoms with E-state index in [9.17, 15) is 18.0 Å². The van der Waals surface area contributed by atoms with Gasteiger partial charge in [-0.2, -0.15) is 9.61 Å². The van der Waals surface area contributed by atoms with E-state index >= 15 is 0 Å². The Labute approximate surface area is 232 Å². The smallest absolute Gasteiger partial charge is 0.269 e. The highest BCUT2D eigenvalue weighted by atomic mass is 32.2. The Kier molecular flexibility index (Phi) is 6.97. The van der Waals surface area contributed by atoms with E-state index in [0.29, 0.717) is 49.8 Å². The van der Waals surface area contributed by atoms with Crippen LogP contribution in [0.2, 0.25) is 0 Å². The van der Waals surface area contributed by atoms with Gasteiger partial charge in [0, 0.05) is 31.7 Å². The molecular formula is C29H30N6O4S. The number of amides is 2. The van der Waals surface area contributed by atoms with Crippen LogP contribution < -0.4 is 10.0 Å². The second-order valence-electron chi connectivity index (χ2n) is 10.3. The number of anilines is 1. The molecule has 0 atom stereocenters. The molecule has 2 aliphatic rings. The third-order valence-corrected chi connectivity index (χ3v) is 8.89. The fraction of sp³-hybridized carbons (Fsp3) is 0.310. The molecule has 0 radical (unpaired) electrons. The fourth-order valence-electron chi connectivity index (χ4n) is 5.14. The molecule has 2 N–H and O–H groups in total. The molecule has 1 saturated heterocycles. The predicted molar refractivity (Wildman–Crippen MR) is 149 cm³/mol. The summed E-state index contributed by atoms with van der Waals surface area (Å²) in [5, 5.41) is 7.59. The van der Waals surface area contributed by atoms with Gasteiger partial charge in [-0.05, 0) is 42.7 Å². The van der Waals surface area contributed by atoms with Crippen molar-refractivity contribution < 1.29 is 18.0 Å². The summed E-state index contributed by atoms with van der Waals surface area (Å²) in [5.74, 6) is -0.251. The third kappa shape index (κ3) is 5.29. The molecule has 2 aromatic heterocycles. The van der Waals surface area contributed by atoms with Crippen molar-refractivity contribution in [2.24, 2.45) is 5.92 Å². The quantitative estimate of drug-likeness (QED) is 0.339. The number of fused-ring (bicyclic) bond motifs is 1. The molecule has 0 unspecified atom stereocenters. The molecule has 0 spiro atoms. The first kappa shape index (κ1) is 26.0. The maximum Gasteiger partial charge on any atom is 0.269 e. The summed E-state index contributed by atoms with van der Waals surface area (Å²) in [6.07, 6.45) is 5.62. The molecular weight excluding hydrogens is 528 g/mol. The molecule has 11 heteroatoms. The van der Waals surface area contributed by atoms with Crippen LogP contribution in [-0.4, -0.2) is 52.8 Å². The number of likely N-dealkylation sites (tertiary alicyclic amines) is 1. The van der Waals surface area contributed by atoms with E-state index in [1.54, 1.807) is 0 Å². The van der Waals surface area contributed by atoms with E-state index in [4.69, 9.17) is 0 Å². The summed E-state index contributed by atoms with van der Waals surface area (Å²) in [6, 6.07) is 20.0. The Hall–Kier alpha value is -4.25. The van der Waals surface area contributed by atoms with E-state index < -0.39 is 15.9 Å². The van der Waals surface area contributed by atoms with Crippen LogP contribution in [0.15, 0.2) is 78.0 Å². The van der Waals surface area contributed by atoms with Gasteiger partial charge in [0.2, 0.25) is 5.91 Å². The van der Waals surface area contributed by atoms with Gasteiger partial charge in [0.25, 0.3) is 15.9 Å². The van der Waals surface area contributed by atoms with Gasteiger partial charge >= 0.3 is 0 Å². The molecule has 4 aromatic rings. The Morgan fingerprint density at radius 1 is 0.900 bits per heavy atom. The van der Waals surface area contributed by atoms with Crippen molar-refractivity contribution in [3.63, 3.8) is 0 Å². The van der Waals surface area contributed by atoms with E-state index in [1.807, 2.05) is 53.4 Å². The summed E-state index contributed by atoms with van der Waals surface area (Å²) in [6.45, 7) is 1.58. The van der Waals surface area contributed by atoms with E-state index in [0.717, 1.165) is 24.6 Å². The number of carbonyl (C=O) groups excluding carboxylic acids is 2. The van der Waals surface area contributed by atoms with Crippen LogP contribution in [0.25, 0.3) is 5.65 Å². The van der Waals surface area contributed by atoms with Crippen LogP contribution in [0.3, 0.4) is 0 Å². The summed E-state index contributed by atoms with van der Waals surface area (Å²) in [5.41, 5.74) is 2.59. The van der Waals surface area contributed by atoms with Crippen molar-refractivity contribution >= 4 is 33.3 Å². The average molecular weight is 559 g/mol. The molecule has 2 aromatic carbocycles. The lowest BCUT2D eigenvalue weighted by Crippen LogP contribution is -2.38. The van der Waals surface area contributed by atoms with Crippen LogP contribution in [0.4, 0.5) is 5.82 Å².